The number of urea groups is 1. The Bertz CT molecular complexity index is 417. The molecule has 1 aliphatic rings. The summed E-state index contributed by atoms with van der Waals surface area (Å²) in [6.07, 6.45) is 0.0829. The molecule has 1 aromatic carbocycles. The van der Waals surface area contributed by atoms with Crippen LogP contribution in [-0.4, -0.2) is 35.7 Å². The summed E-state index contributed by atoms with van der Waals surface area (Å²) < 4.78 is 5.60. The van der Waals surface area contributed by atoms with Crippen molar-refractivity contribution in [2.45, 2.75) is 32.4 Å². The Hall–Kier alpha value is -1.55. The van der Waals surface area contributed by atoms with Gasteiger partial charge >= 0.3 is 6.03 Å². The maximum Gasteiger partial charge on any atom is 0.322 e. The second-order valence-corrected chi connectivity index (χ2v) is 5.34. The highest BCUT2D eigenvalue weighted by Gasteiger charge is 2.36. The van der Waals surface area contributed by atoms with E-state index in [9.17, 15) is 4.79 Å². The van der Waals surface area contributed by atoms with Gasteiger partial charge in [-0.2, -0.15) is 0 Å². The molecule has 4 heteroatoms. The van der Waals surface area contributed by atoms with Crippen molar-refractivity contribution in [2.75, 3.05) is 18.5 Å². The number of amides is 2. The molecule has 1 atom stereocenters. The number of para-hydroxylation sites is 1. The molecule has 1 saturated heterocycles. The predicted octanol–water partition coefficient (Wildman–Crippen LogP) is 2.72. The first kappa shape index (κ1) is 12.9. The largest absolute Gasteiger partial charge is 0.374 e. The molecule has 98 valence electrons. The SMILES string of the molecule is CC1CN(C(=O)Nc2ccccc2)C(C)(C)CO1. The van der Waals surface area contributed by atoms with Crippen LogP contribution in [0.15, 0.2) is 30.3 Å². The summed E-state index contributed by atoms with van der Waals surface area (Å²) in [5.74, 6) is 0. The fourth-order valence-corrected chi connectivity index (χ4v) is 2.05. The number of anilines is 1. The van der Waals surface area contributed by atoms with Crippen LogP contribution in [0, 0.1) is 0 Å². The lowest BCUT2D eigenvalue weighted by molar-refractivity contribution is -0.0685. The molecule has 4 nitrogen and oxygen atoms in total. The standard InChI is InChI=1S/C14H20N2O2/c1-11-9-16(14(2,3)10-18-11)13(17)15-12-7-5-4-6-8-12/h4-8,11H,9-10H2,1-3H3,(H,15,17). The fourth-order valence-electron chi connectivity index (χ4n) is 2.05. The Labute approximate surface area is 108 Å². The molecule has 0 radical (unpaired) electrons. The van der Waals surface area contributed by atoms with Gasteiger partial charge in [-0.15, -0.1) is 0 Å². The molecular weight excluding hydrogens is 228 g/mol. The third kappa shape index (κ3) is 2.82. The van der Waals surface area contributed by atoms with Gasteiger partial charge < -0.3 is 15.0 Å². The lowest BCUT2D eigenvalue weighted by Crippen LogP contribution is -2.58. The van der Waals surface area contributed by atoms with Gasteiger partial charge in [0.05, 0.1) is 18.2 Å². The van der Waals surface area contributed by atoms with E-state index in [1.54, 1.807) is 0 Å². The van der Waals surface area contributed by atoms with Crippen LogP contribution in [0.5, 0.6) is 0 Å². The van der Waals surface area contributed by atoms with E-state index >= 15 is 0 Å². The van der Waals surface area contributed by atoms with Crippen LogP contribution in [0.3, 0.4) is 0 Å². The molecule has 1 N–H and O–H groups in total. The van der Waals surface area contributed by atoms with Gasteiger partial charge in [-0.25, -0.2) is 4.79 Å². The summed E-state index contributed by atoms with van der Waals surface area (Å²) in [4.78, 5) is 14.1. The summed E-state index contributed by atoms with van der Waals surface area (Å²) in [5.41, 5.74) is 0.545. The molecule has 0 spiro atoms. The topological polar surface area (TPSA) is 41.6 Å². The van der Waals surface area contributed by atoms with Gasteiger partial charge in [0, 0.05) is 12.2 Å². The van der Waals surface area contributed by atoms with Gasteiger partial charge in [0.2, 0.25) is 0 Å². The number of hydrogen-bond acceptors (Lipinski definition) is 2. The number of rotatable bonds is 1. The first-order valence-corrected chi connectivity index (χ1v) is 6.24. The molecule has 0 aliphatic carbocycles. The number of nitrogens with zero attached hydrogens (tertiary/aromatic N) is 1. The van der Waals surface area contributed by atoms with Gasteiger partial charge in [-0.3, -0.25) is 0 Å². The van der Waals surface area contributed by atoms with Crippen LogP contribution < -0.4 is 5.32 Å². The van der Waals surface area contributed by atoms with Gasteiger partial charge in [0.15, 0.2) is 0 Å². The average molecular weight is 248 g/mol. The minimum atomic E-state index is -0.272. The zero-order valence-electron chi connectivity index (χ0n) is 11.1. The zero-order chi connectivity index (χ0) is 13.2. The Kier molecular flexibility index (Phi) is 3.57. The van der Waals surface area contributed by atoms with Gasteiger partial charge in [0.25, 0.3) is 0 Å². The summed E-state index contributed by atoms with van der Waals surface area (Å²) >= 11 is 0. The Balaban J connectivity index is 2.07. The molecule has 1 heterocycles. The van der Waals surface area contributed by atoms with Crippen molar-refractivity contribution in [1.29, 1.82) is 0 Å². The predicted molar refractivity (Wildman–Crippen MR) is 71.7 cm³/mol. The van der Waals surface area contributed by atoms with E-state index in [2.05, 4.69) is 5.32 Å². The summed E-state index contributed by atoms with van der Waals surface area (Å²) in [6, 6.07) is 9.44. The quantitative estimate of drug-likeness (QED) is 0.830. The molecule has 0 saturated carbocycles. The van der Waals surface area contributed by atoms with E-state index < -0.39 is 0 Å². The number of carbonyl (C=O) groups is 1. The summed E-state index contributed by atoms with van der Waals surface area (Å²) in [6.45, 7) is 7.20. The van der Waals surface area contributed by atoms with E-state index in [1.165, 1.54) is 0 Å². The molecule has 0 bridgehead atoms. The number of ether oxygens (including phenoxy) is 1. The van der Waals surface area contributed by atoms with Crippen LogP contribution >= 0.6 is 0 Å². The van der Waals surface area contributed by atoms with Crippen molar-refractivity contribution in [2.24, 2.45) is 0 Å². The van der Waals surface area contributed by atoms with Gasteiger partial charge in [-0.1, -0.05) is 18.2 Å². The van der Waals surface area contributed by atoms with Crippen LogP contribution in [0.4, 0.5) is 10.5 Å². The maximum atomic E-state index is 12.3. The minimum Gasteiger partial charge on any atom is -0.374 e. The Morgan fingerprint density at radius 3 is 2.72 bits per heavy atom. The second kappa shape index (κ2) is 4.98. The molecule has 1 unspecified atom stereocenters. The Morgan fingerprint density at radius 2 is 2.06 bits per heavy atom. The molecular formula is C14H20N2O2. The smallest absolute Gasteiger partial charge is 0.322 e. The molecule has 1 fully saturated rings. The van der Waals surface area contributed by atoms with Crippen molar-refractivity contribution in [3.05, 3.63) is 30.3 Å². The highest BCUT2D eigenvalue weighted by Crippen LogP contribution is 2.23. The number of benzene rings is 1. The third-order valence-corrected chi connectivity index (χ3v) is 3.16. The van der Waals surface area contributed by atoms with Crippen molar-refractivity contribution < 1.29 is 9.53 Å². The molecule has 2 amide bonds. The van der Waals surface area contributed by atoms with E-state index in [4.69, 9.17) is 4.74 Å². The number of nitrogens with one attached hydrogen (secondary N) is 1. The normalized spacial score (nSPS) is 22.6. The highest BCUT2D eigenvalue weighted by molar-refractivity contribution is 5.89. The van der Waals surface area contributed by atoms with Crippen LogP contribution in [0.1, 0.15) is 20.8 Å². The summed E-state index contributed by atoms with van der Waals surface area (Å²) in [7, 11) is 0. The van der Waals surface area contributed by atoms with Crippen LogP contribution in [0.25, 0.3) is 0 Å². The first-order chi connectivity index (χ1) is 8.49. The molecule has 18 heavy (non-hydrogen) atoms. The van der Waals surface area contributed by atoms with Crippen molar-refractivity contribution in [3.63, 3.8) is 0 Å². The van der Waals surface area contributed by atoms with Crippen LogP contribution in [-0.2, 0) is 4.74 Å². The van der Waals surface area contributed by atoms with E-state index in [0.717, 1.165) is 5.69 Å². The molecule has 1 aromatic rings. The highest BCUT2D eigenvalue weighted by atomic mass is 16.5. The molecule has 1 aliphatic heterocycles. The van der Waals surface area contributed by atoms with Gasteiger partial charge in [-0.05, 0) is 32.9 Å². The average Bonchev–Trinajstić information content (AvgIpc) is 2.33. The Morgan fingerprint density at radius 1 is 1.39 bits per heavy atom. The van der Waals surface area contributed by atoms with E-state index in [-0.39, 0.29) is 17.7 Å². The van der Waals surface area contributed by atoms with Gasteiger partial charge in [0.1, 0.15) is 0 Å². The molecule has 2 rings (SSSR count). The third-order valence-electron chi connectivity index (χ3n) is 3.16. The molecule has 0 aromatic heterocycles. The number of carbonyl (C=O) groups excluding carboxylic acids is 1. The summed E-state index contributed by atoms with van der Waals surface area (Å²) in [5, 5.41) is 2.92. The van der Waals surface area contributed by atoms with Crippen molar-refractivity contribution >= 4 is 11.7 Å². The zero-order valence-corrected chi connectivity index (χ0v) is 11.1. The first-order valence-electron chi connectivity index (χ1n) is 6.24. The fraction of sp³-hybridized carbons (Fsp3) is 0.500. The lowest BCUT2D eigenvalue weighted by atomic mass is 10.0. The second-order valence-electron chi connectivity index (χ2n) is 5.34. The van der Waals surface area contributed by atoms with Crippen molar-refractivity contribution in [3.8, 4) is 0 Å². The lowest BCUT2D eigenvalue weighted by Gasteiger charge is -2.44. The van der Waals surface area contributed by atoms with Crippen LogP contribution in [0.2, 0.25) is 0 Å². The number of morpholine rings is 1. The maximum absolute atomic E-state index is 12.3. The van der Waals surface area contributed by atoms with E-state index in [0.29, 0.717) is 13.2 Å². The van der Waals surface area contributed by atoms with E-state index in [1.807, 2.05) is 56.0 Å². The monoisotopic (exact) mass is 248 g/mol. The van der Waals surface area contributed by atoms with Crippen molar-refractivity contribution in [1.82, 2.24) is 4.90 Å². The minimum absolute atomic E-state index is 0.0682. The number of hydrogen-bond donors (Lipinski definition) is 1.